The number of carbonyl (C=O) groups is 2. The smallest absolute Gasteiger partial charge is 0.243 e. The van der Waals surface area contributed by atoms with Gasteiger partial charge in [-0.1, -0.05) is 0 Å². The van der Waals surface area contributed by atoms with Crippen LogP contribution in [-0.4, -0.2) is 75.8 Å². The van der Waals surface area contributed by atoms with Crippen LogP contribution in [0.3, 0.4) is 0 Å². The number of anilines is 1. The van der Waals surface area contributed by atoms with Crippen molar-refractivity contribution < 1.29 is 27.5 Å². The van der Waals surface area contributed by atoms with Crippen LogP contribution >= 0.6 is 0 Å². The highest BCUT2D eigenvalue weighted by Crippen LogP contribution is 2.36. The SMILES string of the molecule is CC(=O)N1CCN(C(=O)CN(c2ccc3c(c2)OCO3)S(C)(=O)=O)CC1. The van der Waals surface area contributed by atoms with E-state index in [2.05, 4.69) is 0 Å². The van der Waals surface area contributed by atoms with Crippen molar-refractivity contribution in [3.8, 4) is 11.5 Å². The van der Waals surface area contributed by atoms with Crippen molar-refractivity contribution >= 4 is 27.5 Å². The van der Waals surface area contributed by atoms with Gasteiger partial charge in [0.2, 0.25) is 28.6 Å². The minimum absolute atomic E-state index is 0.0322. The standard InChI is InChI=1S/C16H21N3O6S/c1-12(20)17-5-7-18(8-6-17)16(21)10-19(26(2,22)23)13-3-4-14-15(9-13)25-11-24-14/h3-4,9H,5-8,10-11H2,1-2H3. The molecule has 1 aromatic rings. The van der Waals surface area contributed by atoms with Gasteiger partial charge in [-0.25, -0.2) is 8.42 Å². The number of rotatable bonds is 4. The van der Waals surface area contributed by atoms with E-state index in [0.29, 0.717) is 43.4 Å². The lowest BCUT2D eigenvalue weighted by Gasteiger charge is -2.35. The van der Waals surface area contributed by atoms with Gasteiger partial charge in [-0.05, 0) is 12.1 Å². The predicted molar refractivity (Wildman–Crippen MR) is 93.6 cm³/mol. The first-order valence-electron chi connectivity index (χ1n) is 8.16. The first-order valence-corrected chi connectivity index (χ1v) is 10.0. The number of sulfonamides is 1. The molecule has 3 rings (SSSR count). The number of piperazine rings is 1. The lowest BCUT2D eigenvalue weighted by molar-refractivity contribution is -0.137. The third-order valence-electron chi connectivity index (χ3n) is 4.40. The van der Waals surface area contributed by atoms with Gasteiger partial charge in [0.05, 0.1) is 11.9 Å². The van der Waals surface area contributed by atoms with Crippen molar-refractivity contribution in [2.75, 3.05) is 50.1 Å². The molecule has 0 aromatic heterocycles. The number of nitrogens with zero attached hydrogens (tertiary/aromatic N) is 3. The van der Waals surface area contributed by atoms with Gasteiger partial charge in [-0.2, -0.15) is 0 Å². The molecule has 0 atom stereocenters. The maximum atomic E-state index is 12.6. The molecule has 2 heterocycles. The van der Waals surface area contributed by atoms with Gasteiger partial charge >= 0.3 is 0 Å². The molecule has 2 aliphatic rings. The molecule has 10 heteroatoms. The molecule has 1 saturated heterocycles. The minimum atomic E-state index is -3.67. The second-order valence-corrected chi connectivity index (χ2v) is 8.10. The first kappa shape index (κ1) is 18.3. The van der Waals surface area contributed by atoms with Crippen molar-refractivity contribution in [2.45, 2.75) is 6.92 Å². The zero-order valence-corrected chi connectivity index (χ0v) is 15.5. The van der Waals surface area contributed by atoms with Crippen molar-refractivity contribution in [2.24, 2.45) is 0 Å². The number of hydrogen-bond acceptors (Lipinski definition) is 6. The van der Waals surface area contributed by atoms with Crippen LogP contribution in [0.15, 0.2) is 18.2 Å². The highest BCUT2D eigenvalue weighted by atomic mass is 32.2. The number of hydrogen-bond donors (Lipinski definition) is 0. The molecule has 1 fully saturated rings. The van der Waals surface area contributed by atoms with Crippen molar-refractivity contribution in [1.29, 1.82) is 0 Å². The fraction of sp³-hybridized carbons (Fsp3) is 0.500. The highest BCUT2D eigenvalue weighted by molar-refractivity contribution is 7.92. The summed E-state index contributed by atoms with van der Waals surface area (Å²) in [5, 5.41) is 0. The lowest BCUT2D eigenvalue weighted by Crippen LogP contribution is -2.52. The molecule has 0 spiro atoms. The number of carbonyl (C=O) groups excluding carboxylic acids is 2. The van der Waals surface area contributed by atoms with E-state index in [0.717, 1.165) is 10.6 Å². The van der Waals surface area contributed by atoms with E-state index in [-0.39, 0.29) is 25.2 Å². The molecule has 2 aliphatic heterocycles. The largest absolute Gasteiger partial charge is 0.454 e. The Morgan fingerprint density at radius 3 is 2.31 bits per heavy atom. The summed E-state index contributed by atoms with van der Waals surface area (Å²) >= 11 is 0. The van der Waals surface area contributed by atoms with Crippen molar-refractivity contribution in [3.05, 3.63) is 18.2 Å². The van der Waals surface area contributed by atoms with Crippen LogP contribution in [-0.2, 0) is 19.6 Å². The molecule has 0 radical (unpaired) electrons. The van der Waals surface area contributed by atoms with Crippen LogP contribution in [0.1, 0.15) is 6.92 Å². The molecule has 0 aliphatic carbocycles. The first-order chi connectivity index (χ1) is 12.3. The molecule has 9 nitrogen and oxygen atoms in total. The van der Waals surface area contributed by atoms with E-state index in [1.807, 2.05) is 0 Å². The van der Waals surface area contributed by atoms with E-state index < -0.39 is 10.0 Å². The van der Waals surface area contributed by atoms with Crippen LogP contribution in [0.5, 0.6) is 11.5 Å². The molecule has 0 saturated carbocycles. The summed E-state index contributed by atoms with van der Waals surface area (Å²) in [6, 6.07) is 4.74. The highest BCUT2D eigenvalue weighted by Gasteiger charge is 2.28. The summed E-state index contributed by atoms with van der Waals surface area (Å²) < 4.78 is 36.0. The zero-order chi connectivity index (χ0) is 18.9. The Balaban J connectivity index is 1.74. The van der Waals surface area contributed by atoms with Gasteiger partial charge < -0.3 is 19.3 Å². The molecule has 0 unspecified atom stereocenters. The normalized spacial score (nSPS) is 16.5. The molecule has 142 valence electrons. The van der Waals surface area contributed by atoms with Crippen LogP contribution in [0.4, 0.5) is 5.69 Å². The van der Waals surface area contributed by atoms with Crippen LogP contribution in [0.25, 0.3) is 0 Å². The average molecular weight is 383 g/mol. The molecule has 2 amide bonds. The van der Waals surface area contributed by atoms with E-state index in [4.69, 9.17) is 9.47 Å². The Kier molecular flexibility index (Phi) is 4.94. The van der Waals surface area contributed by atoms with E-state index in [1.165, 1.54) is 6.92 Å². The fourth-order valence-electron chi connectivity index (χ4n) is 2.93. The van der Waals surface area contributed by atoms with Gasteiger partial charge in [-0.15, -0.1) is 0 Å². The third kappa shape index (κ3) is 3.85. The van der Waals surface area contributed by atoms with Gasteiger partial charge in [-0.3, -0.25) is 13.9 Å². The molecule has 0 N–H and O–H groups in total. The maximum absolute atomic E-state index is 12.6. The minimum Gasteiger partial charge on any atom is -0.454 e. The topological polar surface area (TPSA) is 96.5 Å². The Hall–Kier alpha value is -2.49. The number of ether oxygens (including phenoxy) is 2. The predicted octanol–water partition coefficient (Wildman–Crippen LogP) is -0.128. The molecular formula is C16H21N3O6S. The average Bonchev–Trinajstić information content (AvgIpc) is 3.06. The number of amides is 2. The summed E-state index contributed by atoms with van der Waals surface area (Å²) in [6.07, 6.45) is 1.05. The Bertz CT molecular complexity index is 817. The molecular weight excluding hydrogens is 362 g/mol. The van der Waals surface area contributed by atoms with E-state index in [1.54, 1.807) is 28.0 Å². The summed E-state index contributed by atoms with van der Waals surface area (Å²) in [4.78, 5) is 27.2. The summed E-state index contributed by atoms with van der Waals surface area (Å²) in [5.41, 5.74) is 0.340. The monoisotopic (exact) mass is 383 g/mol. The van der Waals surface area contributed by atoms with Gasteiger partial charge in [0.15, 0.2) is 11.5 Å². The fourth-order valence-corrected chi connectivity index (χ4v) is 3.78. The quantitative estimate of drug-likeness (QED) is 0.719. The Morgan fingerprint density at radius 1 is 1.08 bits per heavy atom. The Morgan fingerprint density at radius 2 is 1.69 bits per heavy atom. The Labute approximate surface area is 152 Å². The third-order valence-corrected chi connectivity index (χ3v) is 5.54. The summed E-state index contributed by atoms with van der Waals surface area (Å²) in [6.45, 7) is 2.93. The van der Waals surface area contributed by atoms with Crippen LogP contribution in [0.2, 0.25) is 0 Å². The van der Waals surface area contributed by atoms with Crippen molar-refractivity contribution in [3.63, 3.8) is 0 Å². The molecule has 1 aromatic carbocycles. The van der Waals surface area contributed by atoms with Gasteiger partial charge in [0, 0.05) is 39.2 Å². The van der Waals surface area contributed by atoms with Gasteiger partial charge in [0.25, 0.3) is 0 Å². The second-order valence-electron chi connectivity index (χ2n) is 6.19. The van der Waals surface area contributed by atoms with Crippen LogP contribution in [0, 0.1) is 0 Å². The number of benzene rings is 1. The summed E-state index contributed by atoms with van der Waals surface area (Å²) in [7, 11) is -3.67. The maximum Gasteiger partial charge on any atom is 0.243 e. The van der Waals surface area contributed by atoms with E-state index in [9.17, 15) is 18.0 Å². The molecule has 0 bridgehead atoms. The number of fused-ring (bicyclic) bond motifs is 1. The zero-order valence-electron chi connectivity index (χ0n) is 14.7. The van der Waals surface area contributed by atoms with Crippen molar-refractivity contribution in [1.82, 2.24) is 9.80 Å². The molecule has 26 heavy (non-hydrogen) atoms. The van der Waals surface area contributed by atoms with E-state index >= 15 is 0 Å². The summed E-state index contributed by atoms with van der Waals surface area (Å²) in [5.74, 6) is 0.638. The van der Waals surface area contributed by atoms with Gasteiger partial charge in [0.1, 0.15) is 6.54 Å². The lowest BCUT2D eigenvalue weighted by atomic mass is 10.2. The second kappa shape index (κ2) is 7.02. The van der Waals surface area contributed by atoms with Crippen LogP contribution < -0.4 is 13.8 Å².